The molecule has 0 saturated carbocycles. The second-order valence-corrected chi connectivity index (χ2v) is 23.6. The van der Waals surface area contributed by atoms with Gasteiger partial charge >= 0.3 is 5.97 Å². The number of hydrogen-bond donors (Lipinski definition) is 1. The molecule has 0 bridgehead atoms. The Balaban J connectivity index is 5.24. The average Bonchev–Trinajstić information content (AvgIpc) is 3.35. The Morgan fingerprint density at radius 2 is 0.836 bits per heavy atom. The molecule has 0 aliphatic rings. The van der Waals surface area contributed by atoms with Gasteiger partial charge < -0.3 is 28.5 Å². The second-order valence-electron chi connectivity index (χ2n) is 22.2. The number of amides is 1. The zero-order chi connectivity index (χ0) is 53.6. The van der Waals surface area contributed by atoms with Crippen molar-refractivity contribution in [2.45, 2.75) is 303 Å². The fraction of sp³-hybridized carbons (Fsp3) is 0.841. The van der Waals surface area contributed by atoms with E-state index in [1.54, 1.807) is 0 Å². The summed E-state index contributed by atoms with van der Waals surface area (Å²) in [6, 6.07) is -0.892. The van der Waals surface area contributed by atoms with Crippen molar-refractivity contribution in [2.75, 3.05) is 40.9 Å². The van der Waals surface area contributed by atoms with Crippen LogP contribution in [-0.2, 0) is 27.9 Å². The quantitative estimate of drug-likeness (QED) is 0.0212. The summed E-state index contributed by atoms with van der Waals surface area (Å²) < 4.78 is 30.3. The lowest BCUT2D eigenvalue weighted by Gasteiger charge is -2.30. The van der Waals surface area contributed by atoms with E-state index in [-0.39, 0.29) is 24.9 Å². The van der Waals surface area contributed by atoms with Gasteiger partial charge in [-0.25, -0.2) is 0 Å². The van der Waals surface area contributed by atoms with Gasteiger partial charge in [-0.05, 0) is 70.3 Å². The van der Waals surface area contributed by atoms with Crippen LogP contribution >= 0.6 is 7.82 Å². The van der Waals surface area contributed by atoms with E-state index in [4.69, 9.17) is 13.8 Å². The first-order chi connectivity index (χ1) is 35.4. The summed E-state index contributed by atoms with van der Waals surface area (Å²) in [5.74, 6) is -0.546. The van der Waals surface area contributed by atoms with Crippen LogP contribution in [0.3, 0.4) is 0 Å². The third-order valence-corrected chi connectivity index (χ3v) is 14.7. The standard InChI is InChI=1S/C63H119N2O7P/c1-7-10-13-16-19-22-25-27-29-31-32-34-35-37-40-43-46-49-52-55-62(66)64-60(59-71-73(68,69)70-58-57-65(4,5)6)61(54-51-48-45-42-39-24-21-18-15-12-9-3)72-63(67)56-53-50-47-44-41-38-36-33-30-28-26-23-20-17-14-11-8-2/h19,22,27,29,32,34,51,54,60-61H,7-18,20-21,23-26,28,30-31,33,35-50,52-53,55-59H2,1-6H3,(H-,64,66,68,69)/b22-19-,29-27-,34-32-,54-51+. The van der Waals surface area contributed by atoms with Crippen molar-refractivity contribution < 1.29 is 37.3 Å². The fourth-order valence-electron chi connectivity index (χ4n) is 8.94. The number of rotatable bonds is 56. The van der Waals surface area contributed by atoms with Gasteiger partial charge in [0.15, 0.2) is 0 Å². The number of nitrogens with one attached hydrogen (secondary N) is 1. The number of nitrogens with zero attached hydrogens (tertiary/aromatic N) is 1. The number of unbranched alkanes of at least 4 members (excludes halogenated alkanes) is 34. The largest absolute Gasteiger partial charge is 0.756 e. The number of phosphoric acid groups is 1. The van der Waals surface area contributed by atoms with Crippen LogP contribution in [0.4, 0.5) is 0 Å². The number of allylic oxidation sites excluding steroid dienone is 7. The zero-order valence-electron chi connectivity index (χ0n) is 48.8. The maximum Gasteiger partial charge on any atom is 0.306 e. The highest BCUT2D eigenvalue weighted by Crippen LogP contribution is 2.38. The van der Waals surface area contributed by atoms with Gasteiger partial charge in [-0.15, -0.1) is 0 Å². The topological polar surface area (TPSA) is 114 Å². The minimum absolute atomic E-state index is 0.0242. The van der Waals surface area contributed by atoms with Crippen molar-refractivity contribution in [3.63, 3.8) is 0 Å². The molecule has 0 aliphatic heterocycles. The van der Waals surface area contributed by atoms with E-state index in [9.17, 15) is 19.0 Å². The Morgan fingerprint density at radius 1 is 0.479 bits per heavy atom. The number of quaternary nitrogens is 1. The van der Waals surface area contributed by atoms with Gasteiger partial charge in [0.2, 0.25) is 5.91 Å². The average molecular weight is 1050 g/mol. The van der Waals surface area contributed by atoms with Crippen molar-refractivity contribution in [3.8, 4) is 0 Å². The molecule has 0 rings (SSSR count). The highest BCUT2D eigenvalue weighted by Gasteiger charge is 2.27. The van der Waals surface area contributed by atoms with Crippen molar-refractivity contribution >= 4 is 19.7 Å². The molecule has 73 heavy (non-hydrogen) atoms. The highest BCUT2D eigenvalue weighted by atomic mass is 31.2. The van der Waals surface area contributed by atoms with Crippen LogP contribution in [0.2, 0.25) is 0 Å². The highest BCUT2D eigenvalue weighted by molar-refractivity contribution is 7.45. The number of hydrogen-bond acceptors (Lipinski definition) is 7. The Kier molecular flexibility index (Phi) is 51.9. The van der Waals surface area contributed by atoms with Gasteiger partial charge in [-0.1, -0.05) is 256 Å². The van der Waals surface area contributed by atoms with Crippen molar-refractivity contribution in [1.82, 2.24) is 5.32 Å². The number of phosphoric ester groups is 1. The maximum absolute atomic E-state index is 13.5. The number of carbonyl (C=O) groups is 2. The molecule has 0 radical (unpaired) electrons. The van der Waals surface area contributed by atoms with Gasteiger partial charge in [0.05, 0.1) is 33.8 Å². The normalized spacial score (nSPS) is 14.0. The Morgan fingerprint density at radius 3 is 1.27 bits per heavy atom. The van der Waals surface area contributed by atoms with Gasteiger partial charge in [0.25, 0.3) is 7.82 Å². The number of likely N-dealkylation sites (N-methyl/N-ethyl adjacent to an activating group) is 1. The second kappa shape index (κ2) is 53.4. The summed E-state index contributed by atoms with van der Waals surface area (Å²) >= 11 is 0. The molecule has 10 heteroatoms. The smallest absolute Gasteiger partial charge is 0.306 e. The monoisotopic (exact) mass is 1050 g/mol. The van der Waals surface area contributed by atoms with E-state index in [0.717, 1.165) is 89.9 Å². The molecule has 0 spiro atoms. The molecule has 9 nitrogen and oxygen atoms in total. The van der Waals surface area contributed by atoms with Crippen LogP contribution in [0, 0.1) is 0 Å². The van der Waals surface area contributed by atoms with Crippen LogP contribution in [-0.4, -0.2) is 69.4 Å². The first kappa shape index (κ1) is 71.0. The molecule has 3 unspecified atom stereocenters. The summed E-state index contributed by atoms with van der Waals surface area (Å²) in [7, 11) is 1.18. The predicted octanol–water partition coefficient (Wildman–Crippen LogP) is 18.3. The third kappa shape index (κ3) is 54.6. The van der Waals surface area contributed by atoms with E-state index < -0.39 is 26.6 Å². The van der Waals surface area contributed by atoms with E-state index >= 15 is 0 Å². The van der Waals surface area contributed by atoms with E-state index in [2.05, 4.69) is 62.5 Å². The minimum atomic E-state index is -4.70. The molecule has 1 N–H and O–H groups in total. The molecule has 428 valence electrons. The molecule has 1 amide bonds. The molecule has 0 aromatic heterocycles. The van der Waals surface area contributed by atoms with Gasteiger partial charge in [-0.2, -0.15) is 0 Å². The number of ether oxygens (including phenoxy) is 1. The first-order valence-corrected chi connectivity index (χ1v) is 32.4. The molecule has 0 heterocycles. The zero-order valence-corrected chi connectivity index (χ0v) is 49.7. The van der Waals surface area contributed by atoms with Crippen LogP contribution < -0.4 is 10.2 Å². The lowest BCUT2D eigenvalue weighted by Crippen LogP contribution is -2.47. The Bertz CT molecular complexity index is 1390. The summed E-state index contributed by atoms with van der Waals surface area (Å²) in [6.07, 6.45) is 65.0. The van der Waals surface area contributed by atoms with Crippen LogP contribution in [0.15, 0.2) is 48.6 Å². The van der Waals surface area contributed by atoms with Crippen molar-refractivity contribution in [3.05, 3.63) is 48.6 Å². The van der Waals surface area contributed by atoms with Gasteiger partial charge in [-0.3, -0.25) is 14.2 Å². The molecule has 0 aromatic rings. The Hall–Kier alpha value is -2.03. The molecule has 0 aliphatic carbocycles. The summed E-state index contributed by atoms with van der Waals surface area (Å²) in [6.45, 7) is 6.82. The lowest BCUT2D eigenvalue weighted by molar-refractivity contribution is -0.870. The summed E-state index contributed by atoms with van der Waals surface area (Å²) in [4.78, 5) is 39.9. The third-order valence-electron chi connectivity index (χ3n) is 13.8. The van der Waals surface area contributed by atoms with Crippen molar-refractivity contribution in [2.24, 2.45) is 0 Å². The van der Waals surface area contributed by atoms with Crippen LogP contribution in [0.25, 0.3) is 0 Å². The van der Waals surface area contributed by atoms with Crippen molar-refractivity contribution in [1.29, 1.82) is 0 Å². The number of esters is 1. The molecule has 0 fully saturated rings. The molecular formula is C63H119N2O7P. The van der Waals surface area contributed by atoms with Crippen LogP contribution in [0.1, 0.15) is 290 Å². The summed E-state index contributed by atoms with van der Waals surface area (Å²) in [5, 5.41) is 3.02. The molecule has 0 saturated heterocycles. The van der Waals surface area contributed by atoms with Crippen LogP contribution in [0.5, 0.6) is 0 Å². The summed E-state index contributed by atoms with van der Waals surface area (Å²) in [5.41, 5.74) is 0. The van der Waals surface area contributed by atoms with E-state index in [1.165, 1.54) is 167 Å². The van der Waals surface area contributed by atoms with E-state index in [1.807, 2.05) is 33.3 Å². The van der Waals surface area contributed by atoms with E-state index in [0.29, 0.717) is 17.4 Å². The molecular weight excluding hydrogens is 928 g/mol. The van der Waals surface area contributed by atoms with Gasteiger partial charge in [0.1, 0.15) is 19.3 Å². The maximum atomic E-state index is 13.5. The molecule has 0 aromatic carbocycles. The SMILES string of the molecule is CCCCC/C=C\C/C=C\C/C=C\CCCCCCCCC(=O)NC(COP(=O)([O-])OCC[N+](C)(C)C)C(/C=C/CCCCCCCCCCC)OC(=O)CCCCCCCCCCCCCCCCCCC. The fourth-order valence-corrected chi connectivity index (χ4v) is 9.66. The minimum Gasteiger partial charge on any atom is -0.756 e. The molecule has 3 atom stereocenters. The van der Waals surface area contributed by atoms with Gasteiger partial charge in [0, 0.05) is 12.8 Å². The first-order valence-electron chi connectivity index (χ1n) is 30.9. The number of carbonyl (C=O) groups excluding carboxylic acids is 2. The Labute approximate surface area is 452 Å². The lowest BCUT2D eigenvalue weighted by atomic mass is 10.0. The predicted molar refractivity (Wildman–Crippen MR) is 312 cm³/mol.